The number of aryl methyl sites for hydroxylation is 1. The summed E-state index contributed by atoms with van der Waals surface area (Å²) in [5.74, 6) is 0. The zero-order valence-electron chi connectivity index (χ0n) is 8.30. The van der Waals surface area contributed by atoms with Gasteiger partial charge in [0.1, 0.15) is 0 Å². The first-order valence-corrected chi connectivity index (χ1v) is 4.49. The number of rotatable bonds is 0. The van der Waals surface area contributed by atoms with Gasteiger partial charge in [-0.3, -0.25) is 0 Å². The average Bonchev–Trinajstić information content (AvgIpc) is 2.53. The molecule has 1 radical (unpaired) electrons. The van der Waals surface area contributed by atoms with Gasteiger partial charge in [-0.15, -0.1) is 34.5 Å². The van der Waals surface area contributed by atoms with Crippen LogP contribution >= 0.6 is 0 Å². The van der Waals surface area contributed by atoms with Crippen LogP contribution in [0.5, 0.6) is 0 Å². The molecule has 0 bridgehead atoms. The fourth-order valence-electron chi connectivity index (χ4n) is 1.31. The Morgan fingerprint density at radius 1 is 1.00 bits per heavy atom. The Morgan fingerprint density at radius 2 is 1.62 bits per heavy atom. The minimum atomic E-state index is 0. The summed E-state index contributed by atoms with van der Waals surface area (Å²) in [5.41, 5.74) is 1.37. The second-order valence-corrected chi connectivity index (χ2v) is 2.60. The SMILES string of the molecule is CC.C[c-]1ccc2ccccc21.[Co]. The molecule has 1 heteroatoms. The number of benzene rings is 1. The van der Waals surface area contributed by atoms with Crippen LogP contribution in [0.1, 0.15) is 19.4 Å². The van der Waals surface area contributed by atoms with Crippen LogP contribution in [-0.4, -0.2) is 0 Å². The molecule has 0 aliphatic rings. The third kappa shape index (κ3) is 2.64. The Kier molecular flexibility index (Phi) is 5.59. The van der Waals surface area contributed by atoms with E-state index in [1.165, 1.54) is 16.3 Å². The van der Waals surface area contributed by atoms with E-state index in [2.05, 4.69) is 43.3 Å². The van der Waals surface area contributed by atoms with E-state index in [1.807, 2.05) is 13.8 Å². The maximum absolute atomic E-state index is 2.16. The van der Waals surface area contributed by atoms with Crippen molar-refractivity contribution in [3.63, 3.8) is 0 Å². The summed E-state index contributed by atoms with van der Waals surface area (Å²) >= 11 is 0. The van der Waals surface area contributed by atoms with Crippen molar-refractivity contribution in [1.29, 1.82) is 0 Å². The summed E-state index contributed by atoms with van der Waals surface area (Å²) in [6.45, 7) is 6.14. The van der Waals surface area contributed by atoms with Gasteiger partial charge in [0, 0.05) is 16.8 Å². The zero-order chi connectivity index (χ0) is 8.97. The van der Waals surface area contributed by atoms with Gasteiger partial charge in [0.25, 0.3) is 0 Å². The maximum Gasteiger partial charge on any atom is 0 e. The molecule has 2 aromatic rings. The maximum atomic E-state index is 2.16. The van der Waals surface area contributed by atoms with Crippen molar-refractivity contribution in [2.75, 3.05) is 0 Å². The van der Waals surface area contributed by atoms with Crippen LogP contribution in [0.25, 0.3) is 10.8 Å². The molecule has 0 amide bonds. The summed E-state index contributed by atoms with van der Waals surface area (Å²) in [6.07, 6.45) is 0. The molecule has 0 fully saturated rings. The molecule has 0 aliphatic heterocycles. The van der Waals surface area contributed by atoms with Gasteiger partial charge < -0.3 is 0 Å². The summed E-state index contributed by atoms with van der Waals surface area (Å²) in [5, 5.41) is 2.72. The van der Waals surface area contributed by atoms with Crippen molar-refractivity contribution in [2.45, 2.75) is 20.8 Å². The van der Waals surface area contributed by atoms with Crippen LogP contribution in [-0.2, 0) is 16.8 Å². The van der Waals surface area contributed by atoms with Gasteiger partial charge in [-0.1, -0.05) is 26.8 Å². The van der Waals surface area contributed by atoms with Crippen molar-refractivity contribution in [3.8, 4) is 0 Å². The fraction of sp³-hybridized carbons (Fsp3) is 0.250. The molecular weight excluding hydrogens is 203 g/mol. The van der Waals surface area contributed by atoms with Gasteiger partial charge in [0.05, 0.1) is 0 Å². The van der Waals surface area contributed by atoms with Crippen LogP contribution in [0.3, 0.4) is 0 Å². The molecule has 0 unspecified atom stereocenters. The smallest absolute Gasteiger partial charge is 0 e. The van der Waals surface area contributed by atoms with E-state index in [0.717, 1.165) is 0 Å². The molecule has 0 saturated heterocycles. The Hall–Kier alpha value is -0.664. The standard InChI is InChI=1S/C10H9.C2H6.Co/c1-8-6-7-9-4-2-3-5-10(8)9;1-2;/h2-7H,1H3;1-2H3;/q-1;;. The predicted octanol–water partition coefficient (Wildman–Crippen LogP) is 3.89. The minimum absolute atomic E-state index is 0. The van der Waals surface area contributed by atoms with Gasteiger partial charge in [0.2, 0.25) is 0 Å². The van der Waals surface area contributed by atoms with Gasteiger partial charge in [-0.25, -0.2) is 0 Å². The zero-order valence-corrected chi connectivity index (χ0v) is 9.34. The first-order chi connectivity index (χ1) is 5.88. The first kappa shape index (κ1) is 12.3. The fourth-order valence-corrected chi connectivity index (χ4v) is 1.31. The molecule has 0 atom stereocenters. The largest absolute Gasteiger partial charge is 0.168 e. The summed E-state index contributed by atoms with van der Waals surface area (Å²) in [6, 6.07) is 12.8. The Balaban J connectivity index is 0.000000451. The Morgan fingerprint density at radius 3 is 2.23 bits per heavy atom. The molecular formula is C12H15Co-. The second kappa shape index (κ2) is 5.89. The molecule has 0 spiro atoms. The van der Waals surface area contributed by atoms with E-state index < -0.39 is 0 Å². The van der Waals surface area contributed by atoms with Crippen molar-refractivity contribution < 1.29 is 16.8 Å². The number of hydrogen-bond acceptors (Lipinski definition) is 0. The van der Waals surface area contributed by atoms with Crippen LogP contribution in [0.4, 0.5) is 0 Å². The molecule has 0 heterocycles. The molecule has 2 aromatic carbocycles. The average molecular weight is 218 g/mol. The monoisotopic (exact) mass is 218 g/mol. The third-order valence-corrected chi connectivity index (χ3v) is 1.90. The normalized spacial score (nSPS) is 8.54. The number of fused-ring (bicyclic) bond motifs is 1. The van der Waals surface area contributed by atoms with Crippen LogP contribution < -0.4 is 0 Å². The van der Waals surface area contributed by atoms with E-state index in [1.54, 1.807) is 0 Å². The first-order valence-electron chi connectivity index (χ1n) is 4.49. The summed E-state index contributed by atoms with van der Waals surface area (Å²) < 4.78 is 0. The number of hydrogen-bond donors (Lipinski definition) is 0. The van der Waals surface area contributed by atoms with E-state index in [9.17, 15) is 0 Å². The summed E-state index contributed by atoms with van der Waals surface area (Å²) in [7, 11) is 0. The van der Waals surface area contributed by atoms with E-state index >= 15 is 0 Å². The molecule has 0 aliphatic carbocycles. The van der Waals surface area contributed by atoms with Gasteiger partial charge in [-0.2, -0.15) is 12.1 Å². The third-order valence-electron chi connectivity index (χ3n) is 1.90. The van der Waals surface area contributed by atoms with Crippen LogP contribution in [0.15, 0.2) is 36.4 Å². The molecule has 2 rings (SSSR count). The van der Waals surface area contributed by atoms with Gasteiger partial charge >= 0.3 is 0 Å². The predicted molar refractivity (Wildman–Crippen MR) is 55.6 cm³/mol. The molecule has 73 valence electrons. The topological polar surface area (TPSA) is 0 Å². The van der Waals surface area contributed by atoms with Gasteiger partial charge in [0.15, 0.2) is 0 Å². The quantitative estimate of drug-likeness (QED) is 0.588. The molecule has 13 heavy (non-hydrogen) atoms. The molecule has 0 nitrogen and oxygen atoms in total. The van der Waals surface area contributed by atoms with Gasteiger partial charge in [-0.05, 0) is 0 Å². The molecule has 0 saturated carbocycles. The van der Waals surface area contributed by atoms with E-state index in [4.69, 9.17) is 0 Å². The van der Waals surface area contributed by atoms with Crippen LogP contribution in [0.2, 0.25) is 0 Å². The summed E-state index contributed by atoms with van der Waals surface area (Å²) in [4.78, 5) is 0. The minimum Gasteiger partial charge on any atom is -0.168 e. The Bertz CT molecular complexity index is 347. The Labute approximate surface area is 90.5 Å². The van der Waals surface area contributed by atoms with Crippen molar-refractivity contribution in [1.82, 2.24) is 0 Å². The van der Waals surface area contributed by atoms with Crippen molar-refractivity contribution >= 4 is 10.8 Å². The van der Waals surface area contributed by atoms with Crippen molar-refractivity contribution in [2.24, 2.45) is 0 Å². The van der Waals surface area contributed by atoms with E-state index in [0.29, 0.717) is 0 Å². The molecule has 0 aromatic heterocycles. The molecule has 0 N–H and O–H groups in total. The van der Waals surface area contributed by atoms with E-state index in [-0.39, 0.29) is 16.8 Å². The van der Waals surface area contributed by atoms with Crippen molar-refractivity contribution in [3.05, 3.63) is 42.0 Å². The second-order valence-electron chi connectivity index (χ2n) is 2.60. The van der Waals surface area contributed by atoms with Crippen LogP contribution in [0, 0.1) is 6.92 Å².